The zero-order chi connectivity index (χ0) is 17.2. The minimum absolute atomic E-state index is 0.0585. The number of furan rings is 1. The van der Waals surface area contributed by atoms with Gasteiger partial charge in [-0.3, -0.25) is 4.79 Å². The number of aliphatic hydroxyl groups is 1. The van der Waals surface area contributed by atoms with Crippen molar-refractivity contribution in [1.82, 2.24) is 10.3 Å². The third-order valence-electron chi connectivity index (χ3n) is 3.57. The van der Waals surface area contributed by atoms with E-state index in [1.807, 2.05) is 24.3 Å². The van der Waals surface area contributed by atoms with Gasteiger partial charge in [-0.05, 0) is 44.2 Å². The number of benzene rings is 1. The molecule has 0 radical (unpaired) electrons. The van der Waals surface area contributed by atoms with Gasteiger partial charge in [0.05, 0.1) is 16.8 Å². The number of carbonyl (C=O) groups is 1. The Hall–Kier alpha value is -2.44. The molecule has 0 spiro atoms. The molecular formula is C18H18N2O3S. The second-order valence-corrected chi connectivity index (χ2v) is 6.82. The lowest BCUT2D eigenvalue weighted by Gasteiger charge is -2.20. The Labute approximate surface area is 143 Å². The first-order chi connectivity index (χ1) is 11.4. The maximum atomic E-state index is 12.0. The number of aryl methyl sites for hydroxylation is 1. The molecule has 1 aromatic carbocycles. The highest BCUT2D eigenvalue weighted by atomic mass is 32.1. The highest BCUT2D eigenvalue weighted by Crippen LogP contribution is 2.23. The molecule has 0 bridgehead atoms. The van der Waals surface area contributed by atoms with E-state index >= 15 is 0 Å². The molecular weight excluding hydrogens is 324 g/mol. The number of hydrogen-bond acceptors (Lipinski definition) is 5. The summed E-state index contributed by atoms with van der Waals surface area (Å²) in [6.07, 6.45) is 3.09. The van der Waals surface area contributed by atoms with Crippen molar-refractivity contribution in [3.05, 3.63) is 59.0 Å². The summed E-state index contributed by atoms with van der Waals surface area (Å²) in [4.78, 5) is 16.4. The first-order valence-corrected chi connectivity index (χ1v) is 8.36. The molecule has 5 nitrogen and oxygen atoms in total. The molecule has 1 atom stereocenters. The fourth-order valence-electron chi connectivity index (χ4n) is 2.24. The molecule has 2 N–H and O–H groups in total. The Bertz CT molecular complexity index is 859. The quantitative estimate of drug-likeness (QED) is 0.698. The number of nitrogens with zero attached hydrogens (tertiary/aromatic N) is 1. The number of aromatic nitrogens is 1. The van der Waals surface area contributed by atoms with Crippen LogP contribution in [-0.4, -0.2) is 22.5 Å². The molecule has 0 aliphatic rings. The molecule has 0 fully saturated rings. The smallest absolute Gasteiger partial charge is 0.244 e. The number of carbonyl (C=O) groups excluding carboxylic acids is 1. The second-order valence-electron chi connectivity index (χ2n) is 5.76. The third kappa shape index (κ3) is 3.72. The monoisotopic (exact) mass is 342 g/mol. The van der Waals surface area contributed by atoms with Gasteiger partial charge in [0.1, 0.15) is 22.1 Å². The summed E-state index contributed by atoms with van der Waals surface area (Å²) in [6, 6.07) is 11.3. The van der Waals surface area contributed by atoms with E-state index in [0.717, 1.165) is 15.2 Å². The van der Waals surface area contributed by atoms with Crippen molar-refractivity contribution < 1.29 is 14.3 Å². The molecule has 24 heavy (non-hydrogen) atoms. The largest absolute Gasteiger partial charge is 0.463 e. The predicted molar refractivity (Wildman–Crippen MR) is 94.7 cm³/mol. The molecule has 1 amide bonds. The van der Waals surface area contributed by atoms with Crippen LogP contribution in [0.4, 0.5) is 0 Å². The fraction of sp³-hybridized carbons (Fsp3) is 0.222. The van der Waals surface area contributed by atoms with E-state index in [2.05, 4.69) is 10.3 Å². The molecule has 2 aromatic heterocycles. The standard InChI is InChI=1S/C18H18N2O3S/c1-12-7-8-15(23-12)18(2,22)11-19-16(21)9-10-17-20-13-5-3-4-6-14(13)24-17/h3-10,22H,11H2,1-2H3,(H,19,21). The Kier molecular flexibility index (Phi) is 4.51. The number of hydrogen-bond donors (Lipinski definition) is 2. The topological polar surface area (TPSA) is 75.4 Å². The van der Waals surface area contributed by atoms with E-state index in [1.54, 1.807) is 32.1 Å². The average Bonchev–Trinajstić information content (AvgIpc) is 3.17. The highest BCUT2D eigenvalue weighted by Gasteiger charge is 2.27. The number of para-hydroxylation sites is 1. The van der Waals surface area contributed by atoms with Crippen molar-refractivity contribution >= 4 is 33.5 Å². The van der Waals surface area contributed by atoms with Crippen molar-refractivity contribution in [2.45, 2.75) is 19.4 Å². The second kappa shape index (κ2) is 6.59. The molecule has 0 saturated heterocycles. The van der Waals surface area contributed by atoms with E-state index in [4.69, 9.17) is 4.42 Å². The Morgan fingerprint density at radius 1 is 1.38 bits per heavy atom. The molecule has 2 heterocycles. The summed E-state index contributed by atoms with van der Waals surface area (Å²) < 4.78 is 6.49. The van der Waals surface area contributed by atoms with Gasteiger partial charge in [-0.1, -0.05) is 12.1 Å². The van der Waals surface area contributed by atoms with Crippen LogP contribution in [0.1, 0.15) is 23.5 Å². The van der Waals surface area contributed by atoms with Crippen molar-refractivity contribution in [2.75, 3.05) is 6.54 Å². The Morgan fingerprint density at radius 3 is 2.88 bits per heavy atom. The highest BCUT2D eigenvalue weighted by molar-refractivity contribution is 7.19. The molecule has 0 saturated carbocycles. The zero-order valence-electron chi connectivity index (χ0n) is 13.4. The number of rotatable bonds is 5. The van der Waals surface area contributed by atoms with Crippen LogP contribution in [0.25, 0.3) is 16.3 Å². The summed E-state index contributed by atoms with van der Waals surface area (Å²) in [7, 11) is 0. The van der Waals surface area contributed by atoms with Crippen molar-refractivity contribution in [2.24, 2.45) is 0 Å². The summed E-state index contributed by atoms with van der Waals surface area (Å²) in [5.74, 6) is 0.848. The maximum absolute atomic E-state index is 12.0. The fourth-order valence-corrected chi connectivity index (χ4v) is 3.11. The molecule has 0 aliphatic heterocycles. The van der Waals surface area contributed by atoms with Gasteiger partial charge in [-0.2, -0.15) is 0 Å². The van der Waals surface area contributed by atoms with Crippen LogP contribution in [-0.2, 0) is 10.4 Å². The minimum atomic E-state index is -1.26. The van der Waals surface area contributed by atoms with E-state index in [-0.39, 0.29) is 12.5 Å². The van der Waals surface area contributed by atoms with Gasteiger partial charge < -0.3 is 14.8 Å². The Balaban J connectivity index is 1.60. The van der Waals surface area contributed by atoms with E-state index < -0.39 is 5.60 Å². The number of amides is 1. The van der Waals surface area contributed by atoms with Crippen molar-refractivity contribution in [1.29, 1.82) is 0 Å². The lowest BCUT2D eigenvalue weighted by molar-refractivity contribution is -0.117. The Morgan fingerprint density at radius 2 is 2.17 bits per heavy atom. The van der Waals surface area contributed by atoms with Gasteiger partial charge in [0.15, 0.2) is 0 Å². The van der Waals surface area contributed by atoms with Gasteiger partial charge in [-0.15, -0.1) is 11.3 Å². The molecule has 3 aromatic rings. The van der Waals surface area contributed by atoms with E-state index in [1.165, 1.54) is 17.4 Å². The van der Waals surface area contributed by atoms with Gasteiger partial charge >= 0.3 is 0 Å². The molecule has 0 aliphatic carbocycles. The van der Waals surface area contributed by atoms with Crippen LogP contribution in [0.3, 0.4) is 0 Å². The summed E-state index contributed by atoms with van der Waals surface area (Å²) in [5, 5.41) is 13.8. The average molecular weight is 342 g/mol. The van der Waals surface area contributed by atoms with Crippen LogP contribution < -0.4 is 5.32 Å². The lowest BCUT2D eigenvalue weighted by atomic mass is 10.0. The first kappa shape index (κ1) is 16.4. The molecule has 3 rings (SSSR count). The molecule has 1 unspecified atom stereocenters. The SMILES string of the molecule is Cc1ccc(C(C)(O)CNC(=O)C=Cc2nc3ccccc3s2)o1. The lowest BCUT2D eigenvalue weighted by Crippen LogP contribution is -2.37. The van der Waals surface area contributed by atoms with Crippen LogP contribution in [0, 0.1) is 6.92 Å². The van der Waals surface area contributed by atoms with Crippen LogP contribution in [0.5, 0.6) is 0 Å². The number of nitrogens with one attached hydrogen (secondary N) is 1. The normalized spacial score (nSPS) is 14.1. The zero-order valence-corrected chi connectivity index (χ0v) is 14.3. The van der Waals surface area contributed by atoms with Crippen LogP contribution in [0.2, 0.25) is 0 Å². The summed E-state index contributed by atoms with van der Waals surface area (Å²) >= 11 is 1.52. The first-order valence-electron chi connectivity index (χ1n) is 7.55. The van der Waals surface area contributed by atoms with Gasteiger partial charge in [0.2, 0.25) is 5.91 Å². The van der Waals surface area contributed by atoms with Gasteiger partial charge in [0.25, 0.3) is 0 Å². The third-order valence-corrected chi connectivity index (χ3v) is 4.57. The number of fused-ring (bicyclic) bond motifs is 1. The predicted octanol–water partition coefficient (Wildman–Crippen LogP) is 3.23. The van der Waals surface area contributed by atoms with Crippen LogP contribution >= 0.6 is 11.3 Å². The summed E-state index contributed by atoms with van der Waals surface area (Å²) in [5.41, 5.74) is -0.341. The van der Waals surface area contributed by atoms with E-state index in [9.17, 15) is 9.90 Å². The van der Waals surface area contributed by atoms with E-state index in [0.29, 0.717) is 11.5 Å². The van der Waals surface area contributed by atoms with Crippen molar-refractivity contribution in [3.8, 4) is 0 Å². The van der Waals surface area contributed by atoms with Gasteiger partial charge in [0, 0.05) is 6.08 Å². The van der Waals surface area contributed by atoms with Crippen molar-refractivity contribution in [3.63, 3.8) is 0 Å². The number of thiazole rings is 1. The molecule has 124 valence electrons. The van der Waals surface area contributed by atoms with Crippen LogP contribution in [0.15, 0.2) is 46.9 Å². The minimum Gasteiger partial charge on any atom is -0.463 e. The maximum Gasteiger partial charge on any atom is 0.244 e. The summed E-state index contributed by atoms with van der Waals surface area (Å²) in [6.45, 7) is 3.46. The van der Waals surface area contributed by atoms with Gasteiger partial charge in [-0.25, -0.2) is 4.98 Å². The molecule has 6 heteroatoms.